The predicted octanol–water partition coefficient (Wildman–Crippen LogP) is 4.03. The summed E-state index contributed by atoms with van der Waals surface area (Å²) >= 11 is 12.0. The maximum absolute atomic E-state index is 12.8. The van der Waals surface area contributed by atoms with Gasteiger partial charge >= 0.3 is 5.76 Å². The molecule has 0 amide bonds. The summed E-state index contributed by atoms with van der Waals surface area (Å²) in [5.41, 5.74) is 1.39. The normalized spacial score (nSPS) is 11.8. The Morgan fingerprint density at radius 2 is 1.96 bits per heavy atom. The Labute approximate surface area is 154 Å². The molecule has 0 atom stereocenters. The van der Waals surface area contributed by atoms with Crippen LogP contribution >= 0.6 is 23.2 Å². The van der Waals surface area contributed by atoms with E-state index < -0.39 is 15.8 Å². The van der Waals surface area contributed by atoms with E-state index >= 15 is 0 Å². The fourth-order valence-corrected chi connectivity index (χ4v) is 4.28. The van der Waals surface area contributed by atoms with E-state index in [1.54, 1.807) is 32.0 Å². The lowest BCUT2D eigenvalue weighted by Crippen LogP contribution is -2.15. The van der Waals surface area contributed by atoms with E-state index in [4.69, 9.17) is 27.6 Å². The Hall–Kier alpha value is -1.96. The Morgan fingerprint density at radius 3 is 2.64 bits per heavy atom. The van der Waals surface area contributed by atoms with Gasteiger partial charge in [-0.1, -0.05) is 29.3 Å². The second-order valence-electron chi connectivity index (χ2n) is 5.40. The van der Waals surface area contributed by atoms with Gasteiger partial charge in [0.2, 0.25) is 0 Å². The van der Waals surface area contributed by atoms with Gasteiger partial charge in [0.1, 0.15) is 0 Å². The lowest BCUT2D eigenvalue weighted by atomic mass is 10.2. The number of hydrogen-bond donors (Lipinski definition) is 1. The maximum atomic E-state index is 12.8. The summed E-state index contributed by atoms with van der Waals surface area (Å²) in [6.45, 7) is 3.87. The molecule has 0 spiro atoms. The van der Waals surface area contributed by atoms with E-state index in [1.807, 2.05) is 0 Å². The number of nitrogens with zero attached hydrogens (tertiary/aromatic N) is 1. The molecule has 2 aromatic carbocycles. The molecule has 1 aromatic heterocycles. The molecule has 0 radical (unpaired) electrons. The van der Waals surface area contributed by atoms with Crippen molar-refractivity contribution in [2.75, 3.05) is 4.72 Å². The smallest absolute Gasteiger partial charge is 0.408 e. The van der Waals surface area contributed by atoms with E-state index in [-0.39, 0.29) is 26.2 Å². The number of sulfonamides is 1. The van der Waals surface area contributed by atoms with Crippen molar-refractivity contribution >= 4 is 50.0 Å². The molecule has 0 aliphatic heterocycles. The fourth-order valence-electron chi connectivity index (χ4n) is 2.57. The topological polar surface area (TPSA) is 81.3 Å². The van der Waals surface area contributed by atoms with Gasteiger partial charge in [-0.25, -0.2) is 13.2 Å². The van der Waals surface area contributed by atoms with Gasteiger partial charge in [-0.2, -0.15) is 0 Å². The van der Waals surface area contributed by atoms with Gasteiger partial charge in [-0.15, -0.1) is 0 Å². The minimum Gasteiger partial charge on any atom is -0.408 e. The van der Waals surface area contributed by atoms with Gasteiger partial charge in [0.15, 0.2) is 5.58 Å². The number of hydrogen-bond acceptors (Lipinski definition) is 4. The number of anilines is 1. The molecule has 0 saturated heterocycles. The average molecular weight is 401 g/mol. The molecule has 6 nitrogen and oxygen atoms in total. The third kappa shape index (κ3) is 3.15. The zero-order valence-electron chi connectivity index (χ0n) is 13.3. The van der Waals surface area contributed by atoms with Crippen molar-refractivity contribution < 1.29 is 12.8 Å². The Balaban J connectivity index is 2.12. The molecular formula is C16H14Cl2N2O4S. The molecule has 0 bridgehead atoms. The molecule has 3 rings (SSSR count). The second kappa shape index (κ2) is 6.40. The highest BCUT2D eigenvalue weighted by Gasteiger charge is 2.22. The van der Waals surface area contributed by atoms with Crippen molar-refractivity contribution in [1.29, 1.82) is 0 Å². The first-order valence-electron chi connectivity index (χ1n) is 7.35. The standard InChI is InChI=1S/C16H14Cl2N2O4S/c1-3-20-12-7-9(2)14(8-13(12)24-16(20)21)25(22,23)19-11-6-4-5-10(17)15(11)18/h4-8,19H,3H2,1-2H3. The Kier molecular flexibility index (Phi) is 4.57. The van der Waals surface area contributed by atoms with Crippen molar-refractivity contribution in [3.8, 4) is 0 Å². The lowest BCUT2D eigenvalue weighted by molar-refractivity contribution is 0.512. The van der Waals surface area contributed by atoms with Crippen molar-refractivity contribution in [1.82, 2.24) is 4.57 Å². The van der Waals surface area contributed by atoms with Crippen LogP contribution in [0.2, 0.25) is 10.0 Å². The molecule has 0 saturated carbocycles. The molecule has 0 fully saturated rings. The summed E-state index contributed by atoms with van der Waals surface area (Å²) < 4.78 is 34.5. The molecule has 132 valence electrons. The van der Waals surface area contributed by atoms with Gasteiger partial charge in [-0.3, -0.25) is 9.29 Å². The van der Waals surface area contributed by atoms with Crippen molar-refractivity contribution in [2.45, 2.75) is 25.3 Å². The number of benzene rings is 2. The monoisotopic (exact) mass is 400 g/mol. The number of fused-ring (bicyclic) bond motifs is 1. The summed E-state index contributed by atoms with van der Waals surface area (Å²) in [4.78, 5) is 11.8. The van der Waals surface area contributed by atoms with E-state index in [0.717, 1.165) is 0 Å². The van der Waals surface area contributed by atoms with Crippen LogP contribution in [-0.2, 0) is 16.6 Å². The molecule has 25 heavy (non-hydrogen) atoms. The summed E-state index contributed by atoms with van der Waals surface area (Å²) in [5.74, 6) is -0.530. The summed E-state index contributed by atoms with van der Waals surface area (Å²) in [7, 11) is -3.95. The first kappa shape index (κ1) is 17.8. The van der Waals surface area contributed by atoms with Crippen LogP contribution in [0.5, 0.6) is 0 Å². The highest BCUT2D eigenvalue weighted by Crippen LogP contribution is 2.32. The van der Waals surface area contributed by atoms with Crippen molar-refractivity contribution in [2.24, 2.45) is 0 Å². The molecule has 3 aromatic rings. The first-order chi connectivity index (χ1) is 11.7. The molecule has 1 heterocycles. The van der Waals surface area contributed by atoms with Crippen LogP contribution in [0, 0.1) is 6.92 Å². The van der Waals surface area contributed by atoms with E-state index in [2.05, 4.69) is 4.72 Å². The molecule has 0 aliphatic rings. The Bertz CT molecular complexity index is 1130. The van der Waals surface area contributed by atoms with Crippen LogP contribution in [0.25, 0.3) is 11.1 Å². The molecule has 0 unspecified atom stereocenters. The van der Waals surface area contributed by atoms with E-state index in [0.29, 0.717) is 17.6 Å². The van der Waals surface area contributed by atoms with Crippen LogP contribution in [0.3, 0.4) is 0 Å². The number of halogens is 2. The lowest BCUT2D eigenvalue weighted by Gasteiger charge is -2.12. The van der Waals surface area contributed by atoms with Crippen LogP contribution in [-0.4, -0.2) is 13.0 Å². The summed E-state index contributed by atoms with van der Waals surface area (Å²) in [6.07, 6.45) is 0. The van der Waals surface area contributed by atoms with Crippen LogP contribution in [0.4, 0.5) is 5.69 Å². The largest absolute Gasteiger partial charge is 0.419 e. The number of rotatable bonds is 4. The van der Waals surface area contributed by atoms with E-state index in [1.165, 1.54) is 16.7 Å². The highest BCUT2D eigenvalue weighted by atomic mass is 35.5. The molecule has 0 aliphatic carbocycles. The number of aryl methyl sites for hydroxylation is 2. The fraction of sp³-hybridized carbons (Fsp3) is 0.188. The number of aromatic nitrogens is 1. The summed E-state index contributed by atoms with van der Waals surface area (Å²) in [6, 6.07) is 7.59. The zero-order valence-corrected chi connectivity index (χ0v) is 15.7. The van der Waals surface area contributed by atoms with Crippen LogP contribution in [0.1, 0.15) is 12.5 Å². The number of nitrogens with one attached hydrogen (secondary N) is 1. The predicted molar refractivity (Wildman–Crippen MR) is 98.2 cm³/mol. The molecular weight excluding hydrogens is 387 g/mol. The SMILES string of the molecule is CCn1c(=O)oc2cc(S(=O)(=O)Nc3cccc(Cl)c3Cl)c(C)cc21. The Morgan fingerprint density at radius 1 is 1.24 bits per heavy atom. The first-order valence-corrected chi connectivity index (χ1v) is 9.59. The third-order valence-corrected chi connectivity index (χ3v) is 6.09. The van der Waals surface area contributed by atoms with Crippen LogP contribution in [0.15, 0.2) is 44.4 Å². The molecule has 1 N–H and O–H groups in total. The third-order valence-electron chi connectivity index (χ3n) is 3.77. The van der Waals surface area contributed by atoms with Gasteiger partial charge in [0.05, 0.1) is 26.1 Å². The van der Waals surface area contributed by atoms with Gasteiger partial charge in [0.25, 0.3) is 10.0 Å². The average Bonchev–Trinajstić information content (AvgIpc) is 2.85. The number of oxazole rings is 1. The molecule has 9 heteroatoms. The van der Waals surface area contributed by atoms with Crippen molar-refractivity contribution in [3.63, 3.8) is 0 Å². The minimum atomic E-state index is -3.95. The summed E-state index contributed by atoms with van der Waals surface area (Å²) in [5, 5.41) is 0.343. The van der Waals surface area contributed by atoms with Crippen LogP contribution < -0.4 is 10.5 Å². The highest BCUT2D eigenvalue weighted by molar-refractivity contribution is 7.92. The van der Waals surface area contributed by atoms with Gasteiger partial charge in [0, 0.05) is 12.6 Å². The van der Waals surface area contributed by atoms with E-state index in [9.17, 15) is 13.2 Å². The zero-order chi connectivity index (χ0) is 18.4. The van der Waals surface area contributed by atoms with Gasteiger partial charge < -0.3 is 4.42 Å². The minimum absolute atomic E-state index is 0.00644. The van der Waals surface area contributed by atoms with Crippen molar-refractivity contribution in [3.05, 3.63) is 56.5 Å². The second-order valence-corrected chi connectivity index (χ2v) is 7.84. The van der Waals surface area contributed by atoms with Gasteiger partial charge in [-0.05, 0) is 37.6 Å². The quantitative estimate of drug-likeness (QED) is 0.716. The maximum Gasteiger partial charge on any atom is 0.419 e.